The third-order valence-corrected chi connectivity index (χ3v) is 6.13. The molecule has 7 nitrogen and oxygen atoms in total. The van der Waals surface area contributed by atoms with E-state index in [0.29, 0.717) is 11.5 Å². The number of nitrogens with one attached hydrogen (secondary N) is 2. The third-order valence-electron chi connectivity index (χ3n) is 6.13. The number of hydroxylamine groups is 1. The normalized spacial score (nSPS) is 21.8. The van der Waals surface area contributed by atoms with Crippen LogP contribution in [0.5, 0.6) is 0 Å². The van der Waals surface area contributed by atoms with E-state index in [1.54, 1.807) is 29.7 Å². The molecule has 2 saturated carbocycles. The summed E-state index contributed by atoms with van der Waals surface area (Å²) in [6, 6.07) is 5.88. The Morgan fingerprint density at radius 1 is 1.23 bits per heavy atom. The molecule has 3 rings (SSSR count). The molecule has 0 radical (unpaired) electrons. The van der Waals surface area contributed by atoms with Crippen molar-refractivity contribution >= 4 is 11.8 Å². The fourth-order valence-corrected chi connectivity index (χ4v) is 3.82. The van der Waals surface area contributed by atoms with E-state index in [4.69, 9.17) is 10.3 Å². The molecular weight excluding hydrogens is 382 g/mol. The summed E-state index contributed by atoms with van der Waals surface area (Å²) in [5.74, 6) is 11.1. The molecule has 2 aliphatic carbocycles. The lowest BCUT2D eigenvalue weighted by atomic mass is 9.70. The molecule has 4 N–H and O–H groups in total. The van der Waals surface area contributed by atoms with Crippen molar-refractivity contribution < 1.29 is 19.9 Å². The molecule has 0 spiro atoms. The summed E-state index contributed by atoms with van der Waals surface area (Å²) in [4.78, 5) is 26.9. The van der Waals surface area contributed by atoms with Gasteiger partial charge in [0.2, 0.25) is 0 Å². The minimum Gasteiger partial charge on any atom is -0.396 e. The van der Waals surface area contributed by atoms with Crippen molar-refractivity contribution in [2.75, 3.05) is 20.7 Å². The van der Waals surface area contributed by atoms with Gasteiger partial charge in [-0.15, -0.1) is 0 Å². The van der Waals surface area contributed by atoms with Crippen molar-refractivity contribution in [1.29, 1.82) is 0 Å². The Balaban J connectivity index is 1.65. The minimum absolute atomic E-state index is 0.173. The first-order valence-electron chi connectivity index (χ1n) is 10.1. The van der Waals surface area contributed by atoms with Gasteiger partial charge in [-0.2, -0.15) is 0 Å². The van der Waals surface area contributed by atoms with Crippen LogP contribution in [0.2, 0.25) is 0 Å². The fourth-order valence-electron chi connectivity index (χ4n) is 3.82. The van der Waals surface area contributed by atoms with Crippen molar-refractivity contribution in [2.24, 2.45) is 11.8 Å². The zero-order chi connectivity index (χ0) is 21.7. The van der Waals surface area contributed by atoms with Crippen LogP contribution in [0.1, 0.15) is 41.6 Å². The Hall–Kier alpha value is -2.84. The van der Waals surface area contributed by atoms with E-state index < -0.39 is 17.5 Å². The smallest absolute Gasteiger partial charge is 0.267 e. The quantitative estimate of drug-likeness (QED) is 0.316. The van der Waals surface area contributed by atoms with Gasteiger partial charge in [0.05, 0.1) is 0 Å². The zero-order valence-electron chi connectivity index (χ0n) is 17.2. The van der Waals surface area contributed by atoms with Crippen molar-refractivity contribution in [2.45, 2.75) is 37.3 Å². The number of benzene rings is 1. The molecule has 1 aromatic carbocycles. The van der Waals surface area contributed by atoms with Crippen LogP contribution < -0.4 is 10.8 Å². The van der Waals surface area contributed by atoms with Gasteiger partial charge < -0.3 is 15.3 Å². The summed E-state index contributed by atoms with van der Waals surface area (Å²) in [6.45, 7) is 0.173. The van der Waals surface area contributed by atoms with Crippen molar-refractivity contribution in [3.8, 4) is 23.7 Å². The van der Waals surface area contributed by atoms with Gasteiger partial charge >= 0.3 is 0 Å². The average Bonchev–Trinajstić information content (AvgIpc) is 3.47. The fraction of sp³-hybridized carbons (Fsp3) is 0.478. The molecular formula is C23H27N3O4. The van der Waals surface area contributed by atoms with Gasteiger partial charge in [0.15, 0.2) is 0 Å². The Morgan fingerprint density at radius 3 is 2.43 bits per heavy atom. The number of carbonyl (C=O) groups excluding carboxylic acids is 2. The maximum atomic E-state index is 12.7. The molecule has 30 heavy (non-hydrogen) atoms. The highest BCUT2D eigenvalue weighted by Gasteiger charge is 2.50. The molecule has 158 valence electrons. The number of rotatable bonds is 6. The topological polar surface area (TPSA) is 102 Å². The molecule has 2 aliphatic rings. The van der Waals surface area contributed by atoms with E-state index >= 15 is 0 Å². The Morgan fingerprint density at radius 2 is 1.93 bits per heavy atom. The number of nitrogens with zero attached hydrogens (tertiary/aromatic N) is 1. The van der Waals surface area contributed by atoms with E-state index in [9.17, 15) is 9.59 Å². The number of likely N-dealkylation sites (N-methyl/N-ethyl adjacent to an activating group) is 1. The molecule has 2 amide bonds. The highest BCUT2D eigenvalue weighted by Crippen LogP contribution is 2.39. The maximum absolute atomic E-state index is 12.7. The monoisotopic (exact) mass is 409 g/mol. The van der Waals surface area contributed by atoms with Crippen LogP contribution >= 0.6 is 0 Å². The third kappa shape index (κ3) is 4.66. The van der Waals surface area contributed by atoms with E-state index in [1.165, 1.54) is 0 Å². The van der Waals surface area contributed by atoms with Gasteiger partial charge in [-0.05, 0) is 81.8 Å². The number of hydrogen-bond donors (Lipinski definition) is 4. The van der Waals surface area contributed by atoms with Gasteiger partial charge in [0.25, 0.3) is 11.8 Å². The van der Waals surface area contributed by atoms with Crippen LogP contribution in [0.15, 0.2) is 24.3 Å². The van der Waals surface area contributed by atoms with E-state index in [2.05, 4.69) is 29.0 Å². The van der Waals surface area contributed by atoms with Gasteiger partial charge in [0.1, 0.15) is 6.04 Å². The molecule has 3 atom stereocenters. The summed E-state index contributed by atoms with van der Waals surface area (Å²) in [5, 5.41) is 20.9. The minimum atomic E-state index is -0.862. The lowest BCUT2D eigenvalue weighted by molar-refractivity contribution is -0.137. The van der Waals surface area contributed by atoms with Crippen LogP contribution in [0, 0.1) is 35.5 Å². The van der Waals surface area contributed by atoms with Gasteiger partial charge in [-0.3, -0.25) is 14.8 Å². The molecule has 0 aliphatic heterocycles. The lowest BCUT2D eigenvalue weighted by Gasteiger charge is -2.51. The molecule has 7 heteroatoms. The standard InChI is InChI=1S/C23H27N3O4/c1-26(2)23(12-5-13-23)20(22(29)25-30)24-21(28)17-10-8-16(9-11-17)6-3-4-7-18-14-19(18)15-27/h8-11,18-20,27,30H,5,12-15H2,1-2H3,(H,24,28)(H,25,29). The second-order valence-corrected chi connectivity index (χ2v) is 8.12. The highest BCUT2D eigenvalue weighted by atomic mass is 16.5. The summed E-state index contributed by atoms with van der Waals surface area (Å²) >= 11 is 0. The average molecular weight is 409 g/mol. The number of carbonyl (C=O) groups is 2. The van der Waals surface area contributed by atoms with Crippen molar-refractivity contribution in [3.63, 3.8) is 0 Å². The molecule has 0 aromatic heterocycles. The number of aliphatic hydroxyl groups excluding tert-OH is 1. The molecule has 3 unspecified atom stereocenters. The van der Waals surface area contributed by atoms with Crippen molar-refractivity contribution in [1.82, 2.24) is 15.7 Å². The van der Waals surface area contributed by atoms with Crippen LogP contribution in [0.4, 0.5) is 0 Å². The van der Waals surface area contributed by atoms with Crippen LogP contribution in [-0.2, 0) is 4.79 Å². The van der Waals surface area contributed by atoms with Gasteiger partial charge in [-0.25, -0.2) is 5.48 Å². The van der Waals surface area contributed by atoms with Crippen molar-refractivity contribution in [3.05, 3.63) is 35.4 Å². The Bertz CT molecular complexity index is 914. The number of hydrogen-bond acceptors (Lipinski definition) is 5. The second kappa shape index (κ2) is 9.32. The molecule has 2 fully saturated rings. The zero-order valence-corrected chi connectivity index (χ0v) is 17.2. The highest BCUT2D eigenvalue weighted by molar-refractivity contribution is 5.98. The maximum Gasteiger partial charge on any atom is 0.267 e. The first kappa shape index (κ1) is 21.9. The largest absolute Gasteiger partial charge is 0.396 e. The molecule has 0 bridgehead atoms. The lowest BCUT2D eigenvalue weighted by Crippen LogP contribution is -2.68. The van der Waals surface area contributed by atoms with Crippen LogP contribution in [0.3, 0.4) is 0 Å². The van der Waals surface area contributed by atoms with Gasteiger partial charge in [-0.1, -0.05) is 11.8 Å². The number of amides is 2. The van der Waals surface area contributed by atoms with Gasteiger partial charge in [0, 0.05) is 29.2 Å². The summed E-state index contributed by atoms with van der Waals surface area (Å²) in [7, 11) is 3.74. The Labute approximate surface area is 176 Å². The Kier molecular flexibility index (Phi) is 6.79. The predicted octanol–water partition coefficient (Wildman–Crippen LogP) is 0.758. The second-order valence-electron chi connectivity index (χ2n) is 8.12. The predicted molar refractivity (Wildman–Crippen MR) is 111 cm³/mol. The van der Waals surface area contributed by atoms with Crippen LogP contribution in [-0.4, -0.2) is 59.3 Å². The van der Waals surface area contributed by atoms with E-state index in [-0.39, 0.29) is 18.4 Å². The van der Waals surface area contributed by atoms with E-state index in [1.807, 2.05) is 19.0 Å². The molecule has 0 saturated heterocycles. The SMILES string of the molecule is CN(C)C1(C(NC(=O)c2ccc(C#CC#CC3CC3CO)cc2)C(=O)NO)CCC1. The first-order chi connectivity index (χ1) is 14.4. The van der Waals surface area contributed by atoms with Crippen LogP contribution in [0.25, 0.3) is 0 Å². The van der Waals surface area contributed by atoms with E-state index in [0.717, 1.165) is 31.2 Å². The summed E-state index contributed by atoms with van der Waals surface area (Å²) in [6.07, 6.45) is 3.40. The molecule has 0 heterocycles. The first-order valence-corrected chi connectivity index (χ1v) is 10.1. The number of aliphatic hydroxyl groups is 1. The summed E-state index contributed by atoms with van der Waals surface area (Å²) in [5.41, 5.74) is 2.30. The molecule has 1 aromatic rings. The summed E-state index contributed by atoms with van der Waals surface area (Å²) < 4.78 is 0.